The highest BCUT2D eigenvalue weighted by atomic mass is 16.3. The lowest BCUT2D eigenvalue weighted by molar-refractivity contribution is 0.0918. The van der Waals surface area contributed by atoms with Gasteiger partial charge in [0.15, 0.2) is 0 Å². The first kappa shape index (κ1) is 13.9. The molecule has 1 aliphatic carbocycles. The highest BCUT2D eigenvalue weighted by Crippen LogP contribution is 2.23. The smallest absolute Gasteiger partial charge is 0.251 e. The molecule has 0 radical (unpaired) electrons. The van der Waals surface area contributed by atoms with Crippen LogP contribution < -0.4 is 5.32 Å². The summed E-state index contributed by atoms with van der Waals surface area (Å²) in [6.07, 6.45) is 3.29. The van der Waals surface area contributed by atoms with Gasteiger partial charge in [-0.25, -0.2) is 0 Å². The van der Waals surface area contributed by atoms with Crippen LogP contribution in [0.4, 0.5) is 0 Å². The van der Waals surface area contributed by atoms with Crippen LogP contribution in [0.15, 0.2) is 18.2 Å². The summed E-state index contributed by atoms with van der Waals surface area (Å²) in [5.41, 5.74) is 1.44. The number of aryl methyl sites for hydroxylation is 1. The van der Waals surface area contributed by atoms with Crippen LogP contribution in [0.3, 0.4) is 0 Å². The number of amides is 1. The Bertz CT molecular complexity index is 471. The molecule has 1 amide bonds. The first-order chi connectivity index (χ1) is 8.99. The summed E-state index contributed by atoms with van der Waals surface area (Å²) in [7, 11) is 4.10. The van der Waals surface area contributed by atoms with Crippen LogP contribution in [0.2, 0.25) is 0 Å². The van der Waals surface area contributed by atoms with Crippen LogP contribution in [-0.4, -0.2) is 42.1 Å². The minimum absolute atomic E-state index is 0.0906. The average molecular weight is 262 g/mol. The van der Waals surface area contributed by atoms with Crippen molar-refractivity contribution < 1.29 is 9.90 Å². The molecule has 2 rings (SSSR count). The van der Waals surface area contributed by atoms with Crippen molar-refractivity contribution in [2.24, 2.45) is 0 Å². The van der Waals surface area contributed by atoms with Crippen molar-refractivity contribution in [1.82, 2.24) is 10.2 Å². The van der Waals surface area contributed by atoms with E-state index in [9.17, 15) is 9.90 Å². The van der Waals surface area contributed by atoms with Crippen LogP contribution in [-0.2, 0) is 0 Å². The Morgan fingerprint density at radius 3 is 2.79 bits per heavy atom. The zero-order chi connectivity index (χ0) is 14.0. The van der Waals surface area contributed by atoms with Gasteiger partial charge in [0.25, 0.3) is 5.91 Å². The zero-order valence-electron chi connectivity index (χ0n) is 11.8. The Morgan fingerprint density at radius 1 is 1.37 bits per heavy atom. The van der Waals surface area contributed by atoms with E-state index in [0.29, 0.717) is 11.6 Å². The fourth-order valence-corrected chi connectivity index (χ4v) is 2.83. The first-order valence-corrected chi connectivity index (χ1v) is 6.76. The number of hydrogen-bond donors (Lipinski definition) is 2. The molecule has 0 spiro atoms. The number of aromatic hydroxyl groups is 1. The summed E-state index contributed by atoms with van der Waals surface area (Å²) >= 11 is 0. The second-order valence-corrected chi connectivity index (χ2v) is 5.54. The predicted molar refractivity (Wildman–Crippen MR) is 75.4 cm³/mol. The molecule has 1 fully saturated rings. The summed E-state index contributed by atoms with van der Waals surface area (Å²) in [6.45, 7) is 1.88. The van der Waals surface area contributed by atoms with Gasteiger partial charge >= 0.3 is 0 Å². The van der Waals surface area contributed by atoms with Crippen molar-refractivity contribution >= 4 is 5.91 Å². The number of nitrogens with zero attached hydrogens (tertiary/aromatic N) is 1. The van der Waals surface area contributed by atoms with E-state index in [0.717, 1.165) is 24.8 Å². The molecule has 1 aromatic carbocycles. The average Bonchev–Trinajstić information content (AvgIpc) is 2.80. The lowest BCUT2D eigenvalue weighted by Crippen LogP contribution is -2.46. The molecule has 0 aromatic heterocycles. The number of rotatable bonds is 3. The molecule has 104 valence electrons. The van der Waals surface area contributed by atoms with Crippen LogP contribution in [0.1, 0.15) is 35.2 Å². The summed E-state index contributed by atoms with van der Waals surface area (Å²) < 4.78 is 0. The Hall–Kier alpha value is -1.55. The van der Waals surface area contributed by atoms with Gasteiger partial charge < -0.3 is 15.3 Å². The molecule has 1 saturated carbocycles. The number of benzene rings is 1. The summed E-state index contributed by atoms with van der Waals surface area (Å²) in [4.78, 5) is 14.5. The van der Waals surface area contributed by atoms with E-state index < -0.39 is 0 Å². The number of carbonyl (C=O) groups excluding carboxylic acids is 1. The van der Waals surface area contributed by atoms with Gasteiger partial charge in [0, 0.05) is 17.6 Å². The minimum atomic E-state index is -0.0906. The number of phenolic OH excluding ortho intramolecular Hbond substituents is 1. The molecule has 19 heavy (non-hydrogen) atoms. The lowest BCUT2D eigenvalue weighted by atomic mass is 10.1. The van der Waals surface area contributed by atoms with E-state index in [1.54, 1.807) is 12.1 Å². The molecule has 0 heterocycles. The number of carbonyl (C=O) groups is 1. The van der Waals surface area contributed by atoms with Crippen LogP contribution in [0.25, 0.3) is 0 Å². The maximum absolute atomic E-state index is 12.3. The van der Waals surface area contributed by atoms with E-state index in [-0.39, 0.29) is 17.7 Å². The molecule has 4 heteroatoms. The molecule has 0 aliphatic heterocycles. The van der Waals surface area contributed by atoms with E-state index in [2.05, 4.69) is 24.3 Å². The minimum Gasteiger partial charge on any atom is -0.508 e. The lowest BCUT2D eigenvalue weighted by Gasteiger charge is -2.27. The Morgan fingerprint density at radius 2 is 2.11 bits per heavy atom. The van der Waals surface area contributed by atoms with Gasteiger partial charge in [-0.3, -0.25) is 4.79 Å². The third-order valence-corrected chi connectivity index (χ3v) is 3.93. The number of phenols is 1. The van der Waals surface area contributed by atoms with Gasteiger partial charge in [0.05, 0.1) is 0 Å². The first-order valence-electron chi connectivity index (χ1n) is 6.76. The third-order valence-electron chi connectivity index (χ3n) is 3.93. The number of likely N-dealkylation sites (N-methyl/N-ethyl adjacent to an activating group) is 1. The normalized spacial score (nSPS) is 22.7. The van der Waals surface area contributed by atoms with Gasteiger partial charge in [-0.05, 0) is 58.0 Å². The third kappa shape index (κ3) is 3.07. The molecule has 0 unspecified atom stereocenters. The van der Waals surface area contributed by atoms with E-state index in [1.807, 2.05) is 6.92 Å². The van der Waals surface area contributed by atoms with E-state index in [1.165, 1.54) is 6.07 Å². The van der Waals surface area contributed by atoms with E-state index >= 15 is 0 Å². The van der Waals surface area contributed by atoms with Crippen molar-refractivity contribution in [1.29, 1.82) is 0 Å². The topological polar surface area (TPSA) is 52.6 Å². The fourth-order valence-electron chi connectivity index (χ4n) is 2.83. The zero-order valence-corrected chi connectivity index (χ0v) is 11.8. The Balaban J connectivity index is 2.10. The number of hydrogen-bond acceptors (Lipinski definition) is 3. The van der Waals surface area contributed by atoms with Gasteiger partial charge in [0.1, 0.15) is 5.75 Å². The van der Waals surface area contributed by atoms with Gasteiger partial charge in [-0.15, -0.1) is 0 Å². The highest BCUT2D eigenvalue weighted by molar-refractivity contribution is 5.96. The number of nitrogens with one attached hydrogen (secondary N) is 1. The van der Waals surface area contributed by atoms with Gasteiger partial charge in [0.2, 0.25) is 0 Å². The van der Waals surface area contributed by atoms with Crippen molar-refractivity contribution in [3.05, 3.63) is 29.3 Å². The van der Waals surface area contributed by atoms with Crippen molar-refractivity contribution in [2.75, 3.05) is 14.1 Å². The summed E-state index contributed by atoms with van der Waals surface area (Å²) in [5, 5.41) is 12.6. The van der Waals surface area contributed by atoms with Gasteiger partial charge in [-0.1, -0.05) is 6.07 Å². The second kappa shape index (κ2) is 5.61. The Labute approximate surface area is 114 Å². The fraction of sp³-hybridized carbons (Fsp3) is 0.533. The standard InChI is InChI=1S/C15H22N2O2/c1-10-7-8-11(18)9-12(10)15(19)16-13-5-4-6-14(13)17(2)3/h7-9,13-14,18H,4-6H2,1-3H3,(H,16,19)/t13-,14-/m1/s1. The molecular weight excluding hydrogens is 240 g/mol. The molecule has 1 aromatic rings. The maximum Gasteiger partial charge on any atom is 0.251 e. The molecular formula is C15H22N2O2. The quantitative estimate of drug-likeness (QED) is 0.875. The summed E-state index contributed by atoms with van der Waals surface area (Å²) in [5.74, 6) is 0.0403. The van der Waals surface area contributed by atoms with Crippen LogP contribution in [0.5, 0.6) is 5.75 Å². The summed E-state index contributed by atoms with van der Waals surface area (Å²) in [6, 6.07) is 5.50. The van der Waals surface area contributed by atoms with Gasteiger partial charge in [-0.2, -0.15) is 0 Å². The SMILES string of the molecule is Cc1ccc(O)cc1C(=O)N[C@@H]1CCC[C@H]1N(C)C. The largest absolute Gasteiger partial charge is 0.508 e. The molecule has 1 aliphatic rings. The van der Waals surface area contributed by atoms with Crippen molar-refractivity contribution in [3.8, 4) is 5.75 Å². The monoisotopic (exact) mass is 262 g/mol. The molecule has 4 nitrogen and oxygen atoms in total. The van der Waals surface area contributed by atoms with E-state index in [4.69, 9.17) is 0 Å². The predicted octanol–water partition coefficient (Wildman–Crippen LogP) is 1.91. The highest BCUT2D eigenvalue weighted by Gasteiger charge is 2.30. The maximum atomic E-state index is 12.3. The molecule has 2 atom stereocenters. The second-order valence-electron chi connectivity index (χ2n) is 5.54. The van der Waals surface area contributed by atoms with Crippen LogP contribution in [0, 0.1) is 6.92 Å². The van der Waals surface area contributed by atoms with Crippen molar-refractivity contribution in [3.63, 3.8) is 0 Å². The van der Waals surface area contributed by atoms with Crippen molar-refractivity contribution in [2.45, 2.75) is 38.3 Å². The molecule has 0 saturated heterocycles. The van der Waals surface area contributed by atoms with Crippen LogP contribution >= 0.6 is 0 Å². The molecule has 0 bridgehead atoms. The Kier molecular flexibility index (Phi) is 4.10. The molecule has 2 N–H and O–H groups in total.